The third-order valence-corrected chi connectivity index (χ3v) is 3.52. The van der Waals surface area contributed by atoms with Crippen LogP contribution in [0.5, 0.6) is 11.5 Å². The molecule has 0 aliphatic carbocycles. The van der Waals surface area contributed by atoms with E-state index in [9.17, 15) is 9.18 Å². The standard InChI is InChI=1S/C19H19FO4/c1-13-10-17(22-2)18(23-3)11-15(13)12-24-19(21)9-8-14-6-4-5-7-16(14)20/h4-11H,12H2,1-3H3/b9-8+. The monoisotopic (exact) mass is 330 g/mol. The smallest absolute Gasteiger partial charge is 0.331 e. The number of rotatable bonds is 6. The van der Waals surface area contributed by atoms with Gasteiger partial charge in [-0.2, -0.15) is 0 Å². The maximum atomic E-state index is 13.5. The van der Waals surface area contributed by atoms with Crippen molar-refractivity contribution in [3.63, 3.8) is 0 Å². The average molecular weight is 330 g/mol. The third kappa shape index (κ3) is 4.35. The van der Waals surface area contributed by atoms with Gasteiger partial charge in [0.05, 0.1) is 14.2 Å². The predicted molar refractivity (Wildman–Crippen MR) is 89.5 cm³/mol. The minimum Gasteiger partial charge on any atom is -0.493 e. The van der Waals surface area contributed by atoms with Crippen LogP contribution in [0.3, 0.4) is 0 Å². The third-order valence-electron chi connectivity index (χ3n) is 3.52. The van der Waals surface area contributed by atoms with E-state index in [2.05, 4.69) is 0 Å². The van der Waals surface area contributed by atoms with Gasteiger partial charge in [0, 0.05) is 11.6 Å². The second kappa shape index (κ2) is 8.15. The second-order valence-corrected chi connectivity index (χ2v) is 5.10. The Labute approximate surface area is 140 Å². The number of hydrogen-bond donors (Lipinski definition) is 0. The van der Waals surface area contributed by atoms with Crippen molar-refractivity contribution >= 4 is 12.0 Å². The van der Waals surface area contributed by atoms with E-state index in [1.54, 1.807) is 38.5 Å². The SMILES string of the molecule is COc1cc(C)c(COC(=O)/C=C/c2ccccc2F)cc1OC. The zero-order valence-corrected chi connectivity index (χ0v) is 13.8. The molecule has 0 saturated heterocycles. The maximum Gasteiger partial charge on any atom is 0.331 e. The Bertz CT molecular complexity index is 753. The van der Waals surface area contributed by atoms with E-state index in [1.165, 1.54) is 18.2 Å². The Kier molecular flexibility index (Phi) is 5.95. The normalized spacial score (nSPS) is 10.7. The fourth-order valence-corrected chi connectivity index (χ4v) is 2.14. The van der Waals surface area contributed by atoms with E-state index < -0.39 is 11.8 Å². The zero-order chi connectivity index (χ0) is 17.5. The van der Waals surface area contributed by atoms with Gasteiger partial charge in [-0.3, -0.25) is 0 Å². The molecule has 0 bridgehead atoms. The van der Waals surface area contributed by atoms with Gasteiger partial charge in [-0.25, -0.2) is 9.18 Å². The van der Waals surface area contributed by atoms with Gasteiger partial charge in [-0.05, 0) is 42.3 Å². The number of benzene rings is 2. The number of esters is 1. The van der Waals surface area contributed by atoms with Crippen LogP contribution < -0.4 is 9.47 Å². The van der Waals surface area contributed by atoms with Gasteiger partial charge >= 0.3 is 5.97 Å². The van der Waals surface area contributed by atoms with Crippen molar-refractivity contribution in [2.45, 2.75) is 13.5 Å². The van der Waals surface area contributed by atoms with E-state index in [0.717, 1.165) is 11.1 Å². The maximum absolute atomic E-state index is 13.5. The Hall–Kier alpha value is -2.82. The van der Waals surface area contributed by atoms with Gasteiger partial charge in [0.15, 0.2) is 11.5 Å². The fourth-order valence-electron chi connectivity index (χ4n) is 2.14. The summed E-state index contributed by atoms with van der Waals surface area (Å²) in [5, 5.41) is 0. The van der Waals surface area contributed by atoms with Crippen molar-refractivity contribution < 1.29 is 23.4 Å². The van der Waals surface area contributed by atoms with Crippen molar-refractivity contribution in [1.29, 1.82) is 0 Å². The number of aryl methyl sites for hydroxylation is 1. The molecule has 2 aromatic rings. The lowest BCUT2D eigenvalue weighted by Gasteiger charge is -2.12. The summed E-state index contributed by atoms with van der Waals surface area (Å²) in [7, 11) is 3.10. The van der Waals surface area contributed by atoms with Crippen LogP contribution in [0, 0.1) is 12.7 Å². The van der Waals surface area contributed by atoms with Crippen LogP contribution in [-0.2, 0) is 16.1 Å². The molecule has 0 heterocycles. The highest BCUT2D eigenvalue weighted by Crippen LogP contribution is 2.30. The number of methoxy groups -OCH3 is 2. The molecule has 5 heteroatoms. The quantitative estimate of drug-likeness (QED) is 0.595. The van der Waals surface area contributed by atoms with Gasteiger partial charge in [0.1, 0.15) is 12.4 Å². The van der Waals surface area contributed by atoms with Crippen molar-refractivity contribution in [3.8, 4) is 11.5 Å². The molecule has 0 aliphatic heterocycles. The summed E-state index contributed by atoms with van der Waals surface area (Å²) in [6.07, 6.45) is 2.59. The lowest BCUT2D eigenvalue weighted by molar-refractivity contribution is -0.138. The largest absolute Gasteiger partial charge is 0.493 e. The van der Waals surface area contributed by atoms with E-state index in [1.807, 2.05) is 13.0 Å². The summed E-state index contributed by atoms with van der Waals surface area (Å²) in [5.41, 5.74) is 2.05. The van der Waals surface area contributed by atoms with Crippen molar-refractivity contribution in [3.05, 3.63) is 65.0 Å². The second-order valence-electron chi connectivity index (χ2n) is 5.10. The van der Waals surface area contributed by atoms with Crippen molar-refractivity contribution in [2.24, 2.45) is 0 Å². The number of hydrogen-bond acceptors (Lipinski definition) is 4. The first-order valence-electron chi connectivity index (χ1n) is 7.36. The highest BCUT2D eigenvalue weighted by molar-refractivity contribution is 5.87. The van der Waals surface area contributed by atoms with Crippen molar-refractivity contribution in [2.75, 3.05) is 14.2 Å². The molecule has 0 aromatic heterocycles. The molecule has 0 atom stereocenters. The summed E-state index contributed by atoms with van der Waals surface area (Å²) >= 11 is 0. The van der Waals surface area contributed by atoms with Crippen LogP contribution in [0.2, 0.25) is 0 Å². The van der Waals surface area contributed by atoms with Crippen LogP contribution in [-0.4, -0.2) is 20.2 Å². The Morgan fingerprint density at radius 2 is 1.79 bits per heavy atom. The summed E-state index contributed by atoms with van der Waals surface area (Å²) in [4.78, 5) is 11.8. The Morgan fingerprint density at radius 3 is 2.46 bits per heavy atom. The topological polar surface area (TPSA) is 44.8 Å². The Morgan fingerprint density at radius 1 is 1.12 bits per heavy atom. The molecule has 0 saturated carbocycles. The number of ether oxygens (including phenoxy) is 3. The predicted octanol–water partition coefficient (Wildman–Crippen LogP) is 3.91. The van der Waals surface area contributed by atoms with Crippen molar-refractivity contribution in [1.82, 2.24) is 0 Å². The molecule has 0 spiro atoms. The molecule has 24 heavy (non-hydrogen) atoms. The molecule has 0 radical (unpaired) electrons. The van der Waals surface area contributed by atoms with Crippen LogP contribution in [0.15, 0.2) is 42.5 Å². The summed E-state index contributed by atoms with van der Waals surface area (Å²) in [6.45, 7) is 1.98. The lowest BCUT2D eigenvalue weighted by atomic mass is 10.1. The molecular weight excluding hydrogens is 311 g/mol. The summed E-state index contributed by atoms with van der Waals surface area (Å²) in [6, 6.07) is 9.78. The van der Waals surface area contributed by atoms with Gasteiger partial charge in [-0.15, -0.1) is 0 Å². The molecule has 0 unspecified atom stereocenters. The number of carbonyl (C=O) groups is 1. The van der Waals surface area contributed by atoms with Gasteiger partial charge < -0.3 is 14.2 Å². The van der Waals surface area contributed by atoms with E-state index in [-0.39, 0.29) is 6.61 Å². The van der Waals surface area contributed by atoms with E-state index in [0.29, 0.717) is 17.1 Å². The van der Waals surface area contributed by atoms with Crippen LogP contribution in [0.25, 0.3) is 6.08 Å². The first-order valence-corrected chi connectivity index (χ1v) is 7.36. The highest BCUT2D eigenvalue weighted by Gasteiger charge is 2.10. The van der Waals surface area contributed by atoms with Crippen LogP contribution in [0.1, 0.15) is 16.7 Å². The molecule has 0 N–H and O–H groups in total. The minimum absolute atomic E-state index is 0.0899. The van der Waals surface area contributed by atoms with Crippen LogP contribution >= 0.6 is 0 Å². The van der Waals surface area contributed by atoms with Gasteiger partial charge in [-0.1, -0.05) is 18.2 Å². The van der Waals surface area contributed by atoms with Gasteiger partial charge in [0.25, 0.3) is 0 Å². The summed E-state index contributed by atoms with van der Waals surface area (Å²) < 4.78 is 29.1. The molecule has 126 valence electrons. The Balaban J connectivity index is 2.03. The molecule has 0 fully saturated rings. The highest BCUT2D eigenvalue weighted by atomic mass is 19.1. The van der Waals surface area contributed by atoms with E-state index in [4.69, 9.17) is 14.2 Å². The molecule has 0 amide bonds. The molecule has 0 aliphatic rings. The summed E-state index contributed by atoms with van der Waals surface area (Å²) in [5.74, 6) is 0.241. The van der Waals surface area contributed by atoms with Gasteiger partial charge in [0.2, 0.25) is 0 Å². The average Bonchev–Trinajstić information content (AvgIpc) is 2.59. The first-order chi connectivity index (χ1) is 11.5. The molecule has 2 aromatic carbocycles. The van der Waals surface area contributed by atoms with E-state index >= 15 is 0 Å². The minimum atomic E-state index is -0.549. The fraction of sp³-hybridized carbons (Fsp3) is 0.211. The van der Waals surface area contributed by atoms with Crippen LogP contribution in [0.4, 0.5) is 4.39 Å². The number of halogens is 1. The molecular formula is C19H19FO4. The number of carbonyl (C=O) groups excluding carboxylic acids is 1. The first kappa shape index (κ1) is 17.5. The zero-order valence-electron chi connectivity index (χ0n) is 13.8. The molecule has 2 rings (SSSR count). The lowest BCUT2D eigenvalue weighted by Crippen LogP contribution is -2.03. The molecule has 4 nitrogen and oxygen atoms in total.